The predicted molar refractivity (Wildman–Crippen MR) is 81.1 cm³/mol. The van der Waals surface area contributed by atoms with Crippen LogP contribution in [0.15, 0.2) is 46.9 Å². The summed E-state index contributed by atoms with van der Waals surface area (Å²) in [7, 11) is 0. The topological polar surface area (TPSA) is 55.1 Å². The first-order valence-electron chi connectivity index (χ1n) is 5.74. The number of hydrogen-bond acceptors (Lipinski definition) is 2. The zero-order valence-corrected chi connectivity index (χ0v) is 12.6. The fourth-order valence-corrected chi connectivity index (χ4v) is 2.44. The minimum atomic E-state index is -0.889. The Morgan fingerprint density at radius 2 is 2.00 bits per heavy atom. The summed E-state index contributed by atoms with van der Waals surface area (Å²) in [5, 5.41) is 3.38. The van der Waals surface area contributed by atoms with Crippen LogP contribution in [0, 0.1) is 5.82 Å². The molecule has 0 radical (unpaired) electrons. The molecular formula is C14H11BrClFN2O. The second kappa shape index (κ2) is 6.24. The zero-order valence-electron chi connectivity index (χ0n) is 10.2. The number of primary amides is 1. The molecule has 2 aromatic rings. The lowest BCUT2D eigenvalue weighted by Gasteiger charge is -2.19. The van der Waals surface area contributed by atoms with Crippen LogP contribution in [0.1, 0.15) is 11.6 Å². The van der Waals surface area contributed by atoms with Crippen molar-refractivity contribution < 1.29 is 9.18 Å². The van der Waals surface area contributed by atoms with Gasteiger partial charge in [0.2, 0.25) is 5.91 Å². The highest BCUT2D eigenvalue weighted by Crippen LogP contribution is 2.30. The molecule has 0 fully saturated rings. The molecule has 3 N–H and O–H groups in total. The third kappa shape index (κ3) is 3.29. The molecule has 0 saturated heterocycles. The third-order valence-electron chi connectivity index (χ3n) is 2.73. The van der Waals surface area contributed by atoms with Crippen molar-refractivity contribution in [2.45, 2.75) is 6.04 Å². The number of carbonyl (C=O) groups excluding carboxylic acids is 1. The van der Waals surface area contributed by atoms with E-state index < -0.39 is 17.8 Å². The molecule has 1 unspecified atom stereocenters. The van der Waals surface area contributed by atoms with Crippen molar-refractivity contribution in [3.8, 4) is 0 Å². The van der Waals surface area contributed by atoms with Crippen LogP contribution in [0.2, 0.25) is 5.02 Å². The summed E-state index contributed by atoms with van der Waals surface area (Å²) < 4.78 is 13.9. The van der Waals surface area contributed by atoms with Gasteiger partial charge in [-0.2, -0.15) is 0 Å². The second-order valence-electron chi connectivity index (χ2n) is 4.13. The van der Waals surface area contributed by atoms with Crippen LogP contribution in [-0.4, -0.2) is 5.91 Å². The molecule has 0 bridgehead atoms. The van der Waals surface area contributed by atoms with Crippen LogP contribution < -0.4 is 11.1 Å². The van der Waals surface area contributed by atoms with Gasteiger partial charge in [-0.05, 0) is 30.3 Å². The van der Waals surface area contributed by atoms with Crippen LogP contribution in [0.25, 0.3) is 0 Å². The molecule has 0 aromatic heterocycles. The minimum absolute atomic E-state index is 0.414. The van der Waals surface area contributed by atoms with Gasteiger partial charge < -0.3 is 11.1 Å². The Bertz CT molecular complexity index is 651. The minimum Gasteiger partial charge on any atom is -0.369 e. The molecule has 2 aromatic carbocycles. The first-order chi connectivity index (χ1) is 9.49. The van der Waals surface area contributed by atoms with E-state index in [1.54, 1.807) is 24.3 Å². The van der Waals surface area contributed by atoms with Crippen molar-refractivity contribution in [1.82, 2.24) is 0 Å². The molecule has 104 valence electrons. The molecule has 0 aliphatic heterocycles. The molecule has 1 atom stereocenters. The number of anilines is 1. The summed E-state index contributed by atoms with van der Waals surface area (Å²) in [6.07, 6.45) is 0. The van der Waals surface area contributed by atoms with E-state index in [1.165, 1.54) is 18.2 Å². The smallest absolute Gasteiger partial charge is 0.244 e. The first kappa shape index (κ1) is 14.8. The number of nitrogens with two attached hydrogens (primary N) is 1. The summed E-state index contributed by atoms with van der Waals surface area (Å²) >= 11 is 9.31. The lowest BCUT2D eigenvalue weighted by molar-refractivity contribution is -0.118. The van der Waals surface area contributed by atoms with E-state index in [0.717, 1.165) is 0 Å². The van der Waals surface area contributed by atoms with E-state index in [2.05, 4.69) is 21.2 Å². The van der Waals surface area contributed by atoms with E-state index in [0.29, 0.717) is 20.7 Å². The van der Waals surface area contributed by atoms with E-state index in [4.69, 9.17) is 17.3 Å². The maximum Gasteiger partial charge on any atom is 0.244 e. The maximum absolute atomic E-state index is 13.4. The van der Waals surface area contributed by atoms with Gasteiger partial charge in [-0.3, -0.25) is 4.79 Å². The van der Waals surface area contributed by atoms with Gasteiger partial charge in [-0.15, -0.1) is 0 Å². The standard InChI is InChI=1S/C14H11BrClFN2O/c15-10-6-5-8(17)7-9(10)13(14(18)20)19-12-4-2-1-3-11(12)16/h1-7,13,19H,(H2,18,20). The lowest BCUT2D eigenvalue weighted by Crippen LogP contribution is -2.28. The molecule has 2 rings (SSSR count). The first-order valence-corrected chi connectivity index (χ1v) is 6.91. The SMILES string of the molecule is NC(=O)C(Nc1ccccc1Cl)c1cc(F)ccc1Br. The zero-order chi connectivity index (χ0) is 14.7. The number of hydrogen-bond donors (Lipinski definition) is 2. The second-order valence-corrected chi connectivity index (χ2v) is 5.39. The normalized spacial score (nSPS) is 11.9. The van der Waals surface area contributed by atoms with Crippen molar-refractivity contribution in [2.75, 3.05) is 5.32 Å². The number of amides is 1. The Balaban J connectivity index is 2.40. The highest BCUT2D eigenvalue weighted by atomic mass is 79.9. The molecule has 0 spiro atoms. The summed E-state index contributed by atoms with van der Waals surface area (Å²) in [5.41, 5.74) is 6.36. The molecule has 6 heteroatoms. The van der Waals surface area contributed by atoms with E-state index in [9.17, 15) is 9.18 Å². The van der Waals surface area contributed by atoms with Gasteiger partial charge >= 0.3 is 0 Å². The fourth-order valence-electron chi connectivity index (χ4n) is 1.77. The molecule has 1 amide bonds. The van der Waals surface area contributed by atoms with Crippen molar-refractivity contribution in [3.63, 3.8) is 0 Å². The van der Waals surface area contributed by atoms with Gasteiger partial charge in [0.05, 0.1) is 10.7 Å². The van der Waals surface area contributed by atoms with Crippen LogP contribution in [0.3, 0.4) is 0 Å². The number of carbonyl (C=O) groups is 1. The number of halogens is 3. The quantitative estimate of drug-likeness (QED) is 0.872. The highest BCUT2D eigenvalue weighted by molar-refractivity contribution is 9.10. The molecule has 3 nitrogen and oxygen atoms in total. The summed E-state index contributed by atoms with van der Waals surface area (Å²) in [6, 6.07) is 10.1. The van der Waals surface area contributed by atoms with Gasteiger partial charge in [0.1, 0.15) is 11.9 Å². The monoisotopic (exact) mass is 356 g/mol. The Hall–Kier alpha value is -1.59. The van der Waals surface area contributed by atoms with Gasteiger partial charge in [-0.1, -0.05) is 39.7 Å². The van der Waals surface area contributed by atoms with Crippen molar-refractivity contribution >= 4 is 39.1 Å². The fraction of sp³-hybridized carbons (Fsp3) is 0.0714. The Morgan fingerprint density at radius 1 is 1.30 bits per heavy atom. The van der Waals surface area contributed by atoms with Crippen molar-refractivity contribution in [2.24, 2.45) is 5.73 Å². The van der Waals surface area contributed by atoms with Crippen LogP contribution in [-0.2, 0) is 4.79 Å². The number of benzene rings is 2. The van der Waals surface area contributed by atoms with Crippen molar-refractivity contribution in [1.29, 1.82) is 0 Å². The molecular weight excluding hydrogens is 347 g/mol. The average Bonchev–Trinajstić information content (AvgIpc) is 2.40. The van der Waals surface area contributed by atoms with Gasteiger partial charge in [0.15, 0.2) is 0 Å². The average molecular weight is 358 g/mol. The van der Waals surface area contributed by atoms with Crippen molar-refractivity contribution in [3.05, 3.63) is 63.3 Å². The predicted octanol–water partition coefficient (Wildman–Crippen LogP) is 3.88. The van der Waals surface area contributed by atoms with Gasteiger partial charge in [0.25, 0.3) is 0 Å². The van der Waals surface area contributed by atoms with Crippen LogP contribution in [0.5, 0.6) is 0 Å². The summed E-state index contributed by atoms with van der Waals surface area (Å²) in [5.74, 6) is -1.08. The van der Waals surface area contributed by atoms with E-state index >= 15 is 0 Å². The molecule has 0 aliphatic rings. The Kier molecular flexibility index (Phi) is 4.62. The third-order valence-corrected chi connectivity index (χ3v) is 3.78. The summed E-state index contributed by atoms with van der Waals surface area (Å²) in [4.78, 5) is 11.7. The van der Waals surface area contributed by atoms with E-state index in [-0.39, 0.29) is 0 Å². The number of rotatable bonds is 4. The van der Waals surface area contributed by atoms with Crippen LogP contribution >= 0.6 is 27.5 Å². The van der Waals surface area contributed by atoms with Gasteiger partial charge in [-0.25, -0.2) is 4.39 Å². The Labute approximate surface area is 129 Å². The van der Waals surface area contributed by atoms with Crippen LogP contribution in [0.4, 0.5) is 10.1 Å². The molecule has 20 heavy (non-hydrogen) atoms. The molecule has 0 aliphatic carbocycles. The number of para-hydroxylation sites is 1. The molecule has 0 heterocycles. The Morgan fingerprint density at radius 3 is 2.65 bits per heavy atom. The number of nitrogens with one attached hydrogen (secondary N) is 1. The van der Waals surface area contributed by atoms with E-state index in [1.807, 2.05) is 0 Å². The maximum atomic E-state index is 13.4. The lowest BCUT2D eigenvalue weighted by atomic mass is 10.1. The highest BCUT2D eigenvalue weighted by Gasteiger charge is 2.21. The summed E-state index contributed by atoms with van der Waals surface area (Å²) in [6.45, 7) is 0. The largest absolute Gasteiger partial charge is 0.369 e. The molecule has 0 saturated carbocycles. The van der Waals surface area contributed by atoms with Gasteiger partial charge in [0, 0.05) is 10.0 Å².